The Hall–Kier alpha value is -7.04. The van der Waals surface area contributed by atoms with Gasteiger partial charge >= 0.3 is 5.97 Å². The van der Waals surface area contributed by atoms with Crippen LogP contribution in [0.4, 0.5) is 0 Å². The fraction of sp³-hybridized carbons (Fsp3) is 0.596. The molecular formula is C47H77N15O12S. The minimum Gasteiger partial charge on any atom is -0.508 e. The molecule has 0 fully saturated rings. The van der Waals surface area contributed by atoms with E-state index in [9.17, 15) is 58.5 Å². The first-order valence-electron chi connectivity index (χ1n) is 24.5. The third kappa shape index (κ3) is 24.2. The van der Waals surface area contributed by atoms with E-state index in [0.29, 0.717) is 29.9 Å². The van der Waals surface area contributed by atoms with E-state index < -0.39 is 114 Å². The van der Waals surface area contributed by atoms with E-state index in [0.717, 1.165) is 0 Å². The van der Waals surface area contributed by atoms with Gasteiger partial charge in [-0.3, -0.25) is 48.1 Å². The summed E-state index contributed by atoms with van der Waals surface area (Å²) in [7, 11) is 1.54. The number of carboxylic acids is 1. The summed E-state index contributed by atoms with van der Waals surface area (Å²) in [4.78, 5) is 133. The molecule has 1 heterocycles. The van der Waals surface area contributed by atoms with E-state index in [-0.39, 0.29) is 75.7 Å². The SMILES string of the molecule is CN[C@@H](CCSC)C(=O)N[C@H](C(=O)N[C@@H](CC(=O)O)C(=O)N[C@@H](CCCCN)C(=O)N[C@@H](Cc1ccc(O)cc1)C(=O)N[C@@H](CCCN=C(N)N)C(=O)N[C@@H](CC(C)C)C(=O)N[C@@H](Cc1cnc[nH]1)C(N)=O)[C@@H](C)O. The number of nitrogens with zero attached hydrogens (tertiary/aromatic N) is 2. The van der Waals surface area contributed by atoms with Gasteiger partial charge in [-0.2, -0.15) is 11.8 Å². The van der Waals surface area contributed by atoms with Crippen LogP contribution in [0.3, 0.4) is 0 Å². The highest BCUT2D eigenvalue weighted by Crippen LogP contribution is 2.14. The molecule has 0 spiro atoms. The van der Waals surface area contributed by atoms with E-state index in [1.54, 1.807) is 13.8 Å². The van der Waals surface area contributed by atoms with Crippen LogP contribution in [0.25, 0.3) is 0 Å². The van der Waals surface area contributed by atoms with Crippen LogP contribution >= 0.6 is 11.8 Å². The number of aromatic nitrogens is 2. The molecule has 418 valence electrons. The number of likely N-dealkylation sites (N-methyl/N-ethyl adjacent to an activating group) is 1. The van der Waals surface area contributed by atoms with Crippen LogP contribution in [0.2, 0.25) is 0 Å². The molecule has 1 aromatic carbocycles. The van der Waals surface area contributed by atoms with Crippen molar-refractivity contribution in [3.8, 4) is 5.75 Å². The number of carboxylic acid groups (broad SMARTS) is 1. The lowest BCUT2D eigenvalue weighted by atomic mass is 10.0. The third-order valence-electron chi connectivity index (χ3n) is 11.5. The number of aliphatic hydroxyl groups excluding tert-OH is 1. The maximum atomic E-state index is 14.5. The number of benzene rings is 1. The predicted octanol–water partition coefficient (Wildman–Crippen LogP) is -3.80. The number of aliphatic carboxylic acids is 1. The molecule has 0 saturated heterocycles. The summed E-state index contributed by atoms with van der Waals surface area (Å²) in [6.07, 6.45) is 2.91. The zero-order chi connectivity index (χ0) is 56.2. The molecule has 1 aromatic heterocycles. The van der Waals surface area contributed by atoms with Gasteiger partial charge in [-0.25, -0.2) is 4.98 Å². The van der Waals surface area contributed by atoms with Gasteiger partial charge in [-0.1, -0.05) is 26.0 Å². The third-order valence-corrected chi connectivity index (χ3v) is 12.1. The number of amides is 8. The predicted molar refractivity (Wildman–Crippen MR) is 279 cm³/mol. The molecular weight excluding hydrogens is 999 g/mol. The molecule has 75 heavy (non-hydrogen) atoms. The number of unbranched alkanes of at least 4 members (excludes halogenated alkanes) is 1. The van der Waals surface area contributed by atoms with Crippen molar-refractivity contribution in [3.63, 3.8) is 0 Å². The number of guanidine groups is 1. The Balaban J connectivity index is 2.53. The topological polar surface area (TPSA) is 456 Å². The average Bonchev–Trinajstić information content (AvgIpc) is 3.86. The highest BCUT2D eigenvalue weighted by molar-refractivity contribution is 7.98. The van der Waals surface area contributed by atoms with Gasteiger partial charge < -0.3 is 85.8 Å². The molecule has 2 rings (SSSR count). The summed E-state index contributed by atoms with van der Waals surface area (Å²) in [5, 5.41) is 50.9. The number of hydrogen-bond donors (Lipinski definition) is 16. The van der Waals surface area contributed by atoms with Gasteiger partial charge in [0.25, 0.3) is 0 Å². The minimum absolute atomic E-state index is 0.0242. The fourth-order valence-electron chi connectivity index (χ4n) is 7.46. The van der Waals surface area contributed by atoms with Crippen molar-refractivity contribution in [2.24, 2.45) is 33.8 Å². The van der Waals surface area contributed by atoms with Gasteiger partial charge in [-0.15, -0.1) is 0 Å². The summed E-state index contributed by atoms with van der Waals surface area (Å²) < 4.78 is 0. The van der Waals surface area contributed by atoms with Crippen molar-refractivity contribution in [1.29, 1.82) is 0 Å². The maximum absolute atomic E-state index is 14.5. The number of phenols is 1. The number of primary amides is 1. The lowest BCUT2D eigenvalue weighted by Crippen LogP contribution is -2.61. The molecule has 0 radical (unpaired) electrons. The van der Waals surface area contributed by atoms with Crippen LogP contribution in [-0.2, 0) is 56.0 Å². The Bertz CT molecular complexity index is 2200. The second-order valence-electron chi connectivity index (χ2n) is 18.2. The standard InChI is InChI=1S/C47H77N15O12S/c1-25(2)19-34(43(71)58-33(39(49)67)21-28-23-53-24-55-28)59-42(70)32(10-8-17-54-47(50)51)57-44(72)35(20-27-11-13-29(64)14-12-27)60-41(69)31(9-6-7-16-48)56-45(73)36(22-37(65)66)61-46(74)38(26(3)63)62-40(68)30(52-4)15-18-75-5/h11-14,23-26,30-36,38,52,63-64H,6-10,15-22,48H2,1-5H3,(H2,49,67)(H,53,55)(H,56,73)(H,57,72)(H,58,71)(H,59,70)(H,60,69)(H,61,74)(H,62,68)(H,65,66)(H4,50,51,54)/t26-,30+,31+,32+,33+,34+,35+,36+,38+/m1/s1. The van der Waals surface area contributed by atoms with Gasteiger partial charge in [-0.05, 0) is 101 Å². The smallest absolute Gasteiger partial charge is 0.305 e. The van der Waals surface area contributed by atoms with Crippen LogP contribution in [-0.4, -0.2) is 171 Å². The molecule has 27 nitrogen and oxygen atoms in total. The Morgan fingerprint density at radius 1 is 0.680 bits per heavy atom. The molecule has 0 unspecified atom stereocenters. The van der Waals surface area contributed by atoms with Crippen molar-refractivity contribution in [2.45, 2.75) is 139 Å². The zero-order valence-electron chi connectivity index (χ0n) is 43.1. The monoisotopic (exact) mass is 1080 g/mol. The van der Waals surface area contributed by atoms with Crippen molar-refractivity contribution < 1.29 is 58.5 Å². The summed E-state index contributed by atoms with van der Waals surface area (Å²) in [6, 6.07) is -5.41. The van der Waals surface area contributed by atoms with E-state index in [1.165, 1.54) is 62.5 Å². The number of aromatic amines is 1. The van der Waals surface area contributed by atoms with Gasteiger partial charge in [0.05, 0.1) is 24.9 Å². The normalized spacial score (nSPS) is 14.7. The summed E-state index contributed by atoms with van der Waals surface area (Å²) >= 11 is 1.48. The molecule has 0 saturated carbocycles. The molecule has 8 amide bonds. The van der Waals surface area contributed by atoms with Crippen molar-refractivity contribution >= 4 is 70.9 Å². The molecule has 0 aliphatic rings. The minimum atomic E-state index is -1.84. The molecule has 20 N–H and O–H groups in total. The second-order valence-corrected chi connectivity index (χ2v) is 19.2. The van der Waals surface area contributed by atoms with Crippen LogP contribution in [0.1, 0.15) is 83.4 Å². The molecule has 2 aromatic rings. The Morgan fingerprint density at radius 2 is 1.21 bits per heavy atom. The van der Waals surface area contributed by atoms with E-state index in [2.05, 4.69) is 57.5 Å². The van der Waals surface area contributed by atoms with Crippen molar-refractivity contribution in [1.82, 2.24) is 52.5 Å². The quantitative estimate of drug-likeness (QED) is 0.0177. The lowest BCUT2D eigenvalue weighted by molar-refractivity contribution is -0.142. The number of hydrogen-bond acceptors (Lipinski definition) is 16. The van der Waals surface area contributed by atoms with Crippen LogP contribution in [0.15, 0.2) is 41.8 Å². The molecule has 0 bridgehead atoms. The number of carbonyl (C=O) groups is 9. The highest BCUT2D eigenvalue weighted by Gasteiger charge is 2.36. The number of nitrogens with two attached hydrogens (primary N) is 4. The summed E-state index contributed by atoms with van der Waals surface area (Å²) in [6.45, 7) is 5.02. The highest BCUT2D eigenvalue weighted by atomic mass is 32.2. The van der Waals surface area contributed by atoms with Gasteiger partial charge in [0.1, 0.15) is 48.0 Å². The van der Waals surface area contributed by atoms with Gasteiger partial charge in [0.15, 0.2) is 5.96 Å². The van der Waals surface area contributed by atoms with Crippen LogP contribution in [0, 0.1) is 5.92 Å². The zero-order valence-corrected chi connectivity index (χ0v) is 43.9. The van der Waals surface area contributed by atoms with Crippen LogP contribution < -0.4 is 65.5 Å². The fourth-order valence-corrected chi connectivity index (χ4v) is 7.93. The first kappa shape index (κ1) is 64.1. The Labute approximate surface area is 439 Å². The average molecular weight is 1080 g/mol. The molecule has 0 aliphatic carbocycles. The number of H-pyrrole nitrogens is 1. The number of imidazole rings is 1. The summed E-state index contributed by atoms with van der Waals surface area (Å²) in [5.41, 5.74) is 23.3. The maximum Gasteiger partial charge on any atom is 0.305 e. The number of phenolic OH excluding ortho intramolecular Hbond substituents is 1. The number of aliphatic hydroxyl groups is 1. The number of rotatable bonds is 36. The van der Waals surface area contributed by atoms with Gasteiger partial charge in [0.2, 0.25) is 47.3 Å². The van der Waals surface area contributed by atoms with Crippen LogP contribution in [0.5, 0.6) is 5.75 Å². The summed E-state index contributed by atoms with van der Waals surface area (Å²) in [5.74, 6) is -8.61. The number of carbonyl (C=O) groups excluding carboxylic acids is 8. The number of nitrogens with one attached hydrogen (secondary N) is 9. The second kappa shape index (κ2) is 33.7. The first-order chi connectivity index (χ1) is 35.5. The van der Waals surface area contributed by atoms with Gasteiger partial charge in [0, 0.05) is 31.3 Å². The lowest BCUT2D eigenvalue weighted by Gasteiger charge is -2.28. The number of aromatic hydroxyl groups is 1. The Morgan fingerprint density at radius 3 is 1.73 bits per heavy atom. The van der Waals surface area contributed by atoms with E-state index in [4.69, 9.17) is 22.9 Å². The van der Waals surface area contributed by atoms with E-state index >= 15 is 0 Å². The number of thioether (sulfide) groups is 1. The largest absolute Gasteiger partial charge is 0.508 e. The van der Waals surface area contributed by atoms with E-state index in [1.807, 2.05) is 6.26 Å². The molecule has 0 aliphatic heterocycles. The number of aliphatic imine (C=N–C) groups is 1. The van der Waals surface area contributed by atoms with Crippen molar-refractivity contribution in [3.05, 3.63) is 48.0 Å². The molecule has 28 heteroatoms. The molecule has 9 atom stereocenters. The first-order valence-corrected chi connectivity index (χ1v) is 25.9. The van der Waals surface area contributed by atoms with Crippen molar-refractivity contribution in [2.75, 3.05) is 32.1 Å². The Kier molecular flexibility index (Phi) is 28.8.